The third-order valence-electron chi connectivity index (χ3n) is 5.73. The predicted octanol–water partition coefficient (Wildman–Crippen LogP) is 3.16. The first-order valence-corrected chi connectivity index (χ1v) is 12.4. The maximum absolute atomic E-state index is 13.0. The van der Waals surface area contributed by atoms with Crippen molar-refractivity contribution in [3.05, 3.63) is 53.7 Å². The van der Waals surface area contributed by atoms with E-state index in [2.05, 4.69) is 15.2 Å². The van der Waals surface area contributed by atoms with E-state index in [0.717, 1.165) is 0 Å². The summed E-state index contributed by atoms with van der Waals surface area (Å²) in [6.07, 6.45) is 0.327. The van der Waals surface area contributed by atoms with Gasteiger partial charge in [0.25, 0.3) is 5.91 Å². The Morgan fingerprint density at radius 1 is 1.26 bits per heavy atom. The lowest BCUT2D eigenvalue weighted by Crippen LogP contribution is -2.46. The first-order valence-electron chi connectivity index (χ1n) is 10.6. The minimum Gasteiger partial charge on any atom is -0.435 e. The standard InChI is InChI=1S/C23H25F2N3O5S/c1-22(2,30)19-17-11-14(20(29)26-23(3)9-10-34(31,32)13-23)7-8-18(17)28(27-19)15-5-4-6-16(12-15)33-21(24)25/h4-8,11-12,21,30H,9-10,13H2,1-3H3,(H,26,29)/t23-/m0/s1. The largest absolute Gasteiger partial charge is 0.435 e. The summed E-state index contributed by atoms with van der Waals surface area (Å²) in [5.41, 5.74) is -0.706. The molecule has 182 valence electrons. The van der Waals surface area contributed by atoms with Gasteiger partial charge in [-0.15, -0.1) is 0 Å². The van der Waals surface area contributed by atoms with Crippen molar-refractivity contribution in [3.8, 4) is 11.4 Å². The number of alkyl halides is 2. The Labute approximate surface area is 195 Å². The van der Waals surface area contributed by atoms with Crippen molar-refractivity contribution in [2.75, 3.05) is 11.5 Å². The van der Waals surface area contributed by atoms with E-state index in [0.29, 0.717) is 23.0 Å². The molecule has 4 rings (SSSR count). The lowest BCUT2D eigenvalue weighted by Gasteiger charge is -2.24. The Balaban J connectivity index is 1.75. The summed E-state index contributed by atoms with van der Waals surface area (Å²) < 4.78 is 55.0. The highest BCUT2D eigenvalue weighted by molar-refractivity contribution is 7.91. The van der Waals surface area contributed by atoms with Gasteiger partial charge in [0.2, 0.25) is 0 Å². The quantitative estimate of drug-likeness (QED) is 0.546. The number of hydrogen-bond acceptors (Lipinski definition) is 6. The molecule has 0 unspecified atom stereocenters. The number of amides is 1. The molecular weight excluding hydrogens is 468 g/mol. The van der Waals surface area contributed by atoms with Crippen LogP contribution >= 0.6 is 0 Å². The van der Waals surface area contributed by atoms with E-state index in [1.54, 1.807) is 51.1 Å². The molecule has 2 N–H and O–H groups in total. The number of rotatable bonds is 6. The molecule has 1 saturated heterocycles. The highest BCUT2D eigenvalue weighted by Crippen LogP contribution is 2.32. The maximum Gasteiger partial charge on any atom is 0.387 e. The van der Waals surface area contributed by atoms with Gasteiger partial charge in [-0.1, -0.05) is 6.07 Å². The van der Waals surface area contributed by atoms with Crippen LogP contribution < -0.4 is 10.1 Å². The number of carbonyl (C=O) groups excluding carboxylic acids is 1. The highest BCUT2D eigenvalue weighted by atomic mass is 32.2. The van der Waals surface area contributed by atoms with Crippen molar-refractivity contribution in [3.63, 3.8) is 0 Å². The minimum atomic E-state index is -3.20. The minimum absolute atomic E-state index is 0.0206. The fourth-order valence-corrected chi connectivity index (χ4v) is 6.25. The van der Waals surface area contributed by atoms with Crippen molar-refractivity contribution in [2.45, 2.75) is 44.9 Å². The number of nitrogens with one attached hydrogen (secondary N) is 1. The topological polar surface area (TPSA) is 111 Å². The lowest BCUT2D eigenvalue weighted by atomic mass is 9.98. The summed E-state index contributed by atoms with van der Waals surface area (Å²) in [5.74, 6) is -0.593. The summed E-state index contributed by atoms with van der Waals surface area (Å²) in [4.78, 5) is 13.0. The number of hydrogen-bond donors (Lipinski definition) is 2. The van der Waals surface area contributed by atoms with Gasteiger partial charge in [-0.05, 0) is 57.5 Å². The van der Waals surface area contributed by atoms with E-state index < -0.39 is 33.5 Å². The van der Waals surface area contributed by atoms with Crippen LogP contribution in [0.5, 0.6) is 5.75 Å². The molecule has 0 bridgehead atoms. The van der Waals surface area contributed by atoms with E-state index in [1.165, 1.54) is 16.8 Å². The average molecular weight is 494 g/mol. The number of aromatic nitrogens is 2. The Morgan fingerprint density at radius 3 is 2.62 bits per heavy atom. The molecule has 11 heteroatoms. The second-order valence-corrected chi connectivity index (χ2v) is 11.5. The van der Waals surface area contributed by atoms with Crippen LogP contribution in [0.25, 0.3) is 16.6 Å². The molecule has 0 aliphatic carbocycles. The SMILES string of the molecule is CC(C)(O)c1nn(-c2cccc(OC(F)F)c2)c2ccc(C(=O)N[C@@]3(C)CCS(=O)(=O)C3)cc12. The Kier molecular flexibility index (Phi) is 5.89. The third kappa shape index (κ3) is 4.90. The predicted molar refractivity (Wildman–Crippen MR) is 122 cm³/mol. The summed E-state index contributed by atoms with van der Waals surface area (Å²) in [7, 11) is -3.20. The number of fused-ring (bicyclic) bond motifs is 1. The number of aliphatic hydroxyl groups is 1. The Morgan fingerprint density at radius 2 is 2.00 bits per heavy atom. The highest BCUT2D eigenvalue weighted by Gasteiger charge is 2.39. The monoisotopic (exact) mass is 493 g/mol. The molecule has 1 aliphatic heterocycles. The second kappa shape index (κ2) is 8.31. The zero-order valence-electron chi connectivity index (χ0n) is 18.9. The molecule has 8 nitrogen and oxygen atoms in total. The van der Waals surface area contributed by atoms with E-state index in [1.807, 2.05) is 0 Å². The molecular formula is C23H25F2N3O5S. The molecule has 0 radical (unpaired) electrons. The van der Waals surface area contributed by atoms with Crippen LogP contribution in [0.1, 0.15) is 43.2 Å². The number of sulfone groups is 1. The maximum atomic E-state index is 13.0. The molecule has 2 aromatic carbocycles. The number of halogens is 2. The normalized spacial score (nSPS) is 20.1. The van der Waals surface area contributed by atoms with E-state index >= 15 is 0 Å². The van der Waals surface area contributed by atoms with Crippen molar-refractivity contribution >= 4 is 26.6 Å². The van der Waals surface area contributed by atoms with E-state index in [-0.39, 0.29) is 28.5 Å². The molecule has 0 spiro atoms. The van der Waals surface area contributed by atoms with Crippen LogP contribution in [0.2, 0.25) is 0 Å². The molecule has 1 aromatic heterocycles. The fraction of sp³-hybridized carbons (Fsp3) is 0.391. The molecule has 3 aromatic rings. The molecule has 34 heavy (non-hydrogen) atoms. The van der Waals surface area contributed by atoms with E-state index in [9.17, 15) is 27.1 Å². The van der Waals surface area contributed by atoms with E-state index in [4.69, 9.17) is 0 Å². The molecule has 1 aliphatic rings. The summed E-state index contributed by atoms with van der Waals surface area (Å²) in [6.45, 7) is 1.82. The van der Waals surface area contributed by atoms with Crippen molar-refractivity contribution in [2.24, 2.45) is 0 Å². The molecule has 2 heterocycles. The number of ether oxygens (including phenoxy) is 1. The zero-order valence-corrected chi connectivity index (χ0v) is 19.7. The van der Waals surface area contributed by atoms with Gasteiger partial charge in [0.1, 0.15) is 17.0 Å². The van der Waals surface area contributed by atoms with Gasteiger partial charge in [0.05, 0.1) is 28.2 Å². The average Bonchev–Trinajstić information content (AvgIpc) is 3.23. The van der Waals surface area contributed by atoms with Crippen molar-refractivity contribution in [1.29, 1.82) is 0 Å². The molecule has 1 fully saturated rings. The van der Waals surface area contributed by atoms with Crippen LogP contribution in [-0.4, -0.2) is 52.9 Å². The van der Waals surface area contributed by atoms with Crippen molar-refractivity contribution in [1.82, 2.24) is 15.1 Å². The Bertz CT molecular complexity index is 1360. The summed E-state index contributed by atoms with van der Waals surface area (Å²) in [6, 6.07) is 10.8. The van der Waals surface area contributed by atoms with Gasteiger partial charge < -0.3 is 15.2 Å². The molecule has 1 atom stereocenters. The van der Waals surface area contributed by atoms with Gasteiger partial charge in [-0.25, -0.2) is 13.1 Å². The third-order valence-corrected chi connectivity index (χ3v) is 7.63. The van der Waals surface area contributed by atoms with Crippen LogP contribution in [0.4, 0.5) is 8.78 Å². The fourth-order valence-electron chi connectivity index (χ4n) is 4.15. The molecule has 0 saturated carbocycles. The summed E-state index contributed by atoms with van der Waals surface area (Å²) in [5, 5.41) is 18.5. The number of carbonyl (C=O) groups is 1. The van der Waals surface area contributed by atoms with Crippen LogP contribution in [-0.2, 0) is 15.4 Å². The zero-order chi connectivity index (χ0) is 24.9. The smallest absolute Gasteiger partial charge is 0.387 e. The number of nitrogens with zero attached hydrogens (tertiary/aromatic N) is 2. The van der Waals surface area contributed by atoms with Crippen LogP contribution in [0.15, 0.2) is 42.5 Å². The van der Waals surface area contributed by atoms with Gasteiger partial charge in [-0.2, -0.15) is 13.9 Å². The first kappa shape index (κ1) is 24.1. The number of benzene rings is 2. The lowest BCUT2D eigenvalue weighted by molar-refractivity contribution is -0.0498. The van der Waals surface area contributed by atoms with Gasteiger partial charge in [-0.3, -0.25) is 4.79 Å². The van der Waals surface area contributed by atoms with Gasteiger partial charge in [0.15, 0.2) is 9.84 Å². The van der Waals surface area contributed by atoms with Crippen molar-refractivity contribution < 1.29 is 31.8 Å². The van der Waals surface area contributed by atoms with Gasteiger partial charge in [0, 0.05) is 17.0 Å². The second-order valence-electron chi connectivity index (χ2n) is 9.28. The molecule has 1 amide bonds. The summed E-state index contributed by atoms with van der Waals surface area (Å²) >= 11 is 0. The van der Waals surface area contributed by atoms with Crippen LogP contribution in [0, 0.1) is 0 Å². The first-order chi connectivity index (χ1) is 15.8. The Hall–Kier alpha value is -3.05. The van der Waals surface area contributed by atoms with Gasteiger partial charge >= 0.3 is 6.61 Å². The van der Waals surface area contributed by atoms with Crippen LogP contribution in [0.3, 0.4) is 0 Å².